The highest BCUT2D eigenvalue weighted by Gasteiger charge is 2.51. The van der Waals surface area contributed by atoms with Crippen molar-refractivity contribution in [1.82, 2.24) is 9.97 Å². The van der Waals surface area contributed by atoms with Gasteiger partial charge in [-0.1, -0.05) is 47.7 Å². The van der Waals surface area contributed by atoms with E-state index in [4.69, 9.17) is 9.72 Å². The minimum atomic E-state index is -1.08. The van der Waals surface area contributed by atoms with E-state index >= 15 is 0 Å². The number of amides is 1. The van der Waals surface area contributed by atoms with Crippen LogP contribution in [0.3, 0.4) is 0 Å². The van der Waals surface area contributed by atoms with E-state index in [2.05, 4.69) is 21.3 Å². The van der Waals surface area contributed by atoms with Gasteiger partial charge in [-0.2, -0.15) is 0 Å². The Morgan fingerprint density at radius 1 is 0.918 bits per heavy atom. The summed E-state index contributed by atoms with van der Waals surface area (Å²) in [5, 5.41) is 13.9. The zero-order valence-corrected chi connectivity index (χ0v) is 28.0. The van der Waals surface area contributed by atoms with E-state index in [1.54, 1.807) is 0 Å². The summed E-state index contributed by atoms with van der Waals surface area (Å²) in [6.45, 7) is 1.84. The van der Waals surface area contributed by atoms with Gasteiger partial charge in [-0.15, -0.1) is 0 Å². The summed E-state index contributed by atoms with van der Waals surface area (Å²) in [4.78, 5) is 37.4. The van der Waals surface area contributed by atoms with Crippen molar-refractivity contribution in [2.45, 2.75) is 51.5 Å². The molecule has 8 nitrogen and oxygen atoms in total. The molecule has 0 atom stereocenters. The maximum absolute atomic E-state index is 13.5. The van der Waals surface area contributed by atoms with E-state index in [0.717, 1.165) is 57.0 Å². The first-order chi connectivity index (χ1) is 23.9. The normalized spacial score (nSPS) is 23.8. The van der Waals surface area contributed by atoms with Crippen molar-refractivity contribution in [2.24, 2.45) is 23.2 Å². The highest BCUT2D eigenvalue weighted by Crippen LogP contribution is 2.60. The summed E-state index contributed by atoms with van der Waals surface area (Å²) >= 11 is 1.45. The second-order valence-corrected chi connectivity index (χ2v) is 15.7. The molecule has 0 saturated heterocycles. The van der Waals surface area contributed by atoms with Crippen molar-refractivity contribution < 1.29 is 19.4 Å². The monoisotopic (exact) mass is 670 g/mol. The number of aromatic nitrogens is 2. The highest BCUT2D eigenvalue weighted by molar-refractivity contribution is 7.22. The number of pyridine rings is 1. The van der Waals surface area contributed by atoms with Crippen LogP contribution in [0.1, 0.15) is 70.5 Å². The van der Waals surface area contributed by atoms with Gasteiger partial charge in [0.1, 0.15) is 11.6 Å². The van der Waals surface area contributed by atoms with Crippen LogP contribution in [0, 0.1) is 23.2 Å². The zero-order valence-electron chi connectivity index (χ0n) is 27.2. The summed E-state index contributed by atoms with van der Waals surface area (Å²) in [5.74, 6) is 2.66. The number of hydrogen-bond acceptors (Lipinski definition) is 7. The number of anilines is 2. The first kappa shape index (κ1) is 30.3. The lowest BCUT2D eigenvalue weighted by Crippen LogP contribution is -2.48. The number of carbonyl (C=O) groups is 2. The predicted molar refractivity (Wildman–Crippen MR) is 192 cm³/mol. The number of thiazole rings is 1. The third kappa shape index (κ3) is 5.73. The first-order valence-corrected chi connectivity index (χ1v) is 18.2. The molecule has 5 aromatic rings. The molecule has 2 aromatic heterocycles. The molecule has 4 fully saturated rings. The number of nitrogens with one attached hydrogen (secondary N) is 1. The van der Waals surface area contributed by atoms with Crippen molar-refractivity contribution in [3.05, 3.63) is 101 Å². The Morgan fingerprint density at radius 3 is 2.47 bits per heavy atom. The van der Waals surface area contributed by atoms with Gasteiger partial charge in [-0.05, 0) is 122 Å². The van der Waals surface area contributed by atoms with Gasteiger partial charge < -0.3 is 14.7 Å². The Balaban J connectivity index is 0.939. The van der Waals surface area contributed by atoms with Crippen LogP contribution in [0.4, 0.5) is 10.9 Å². The average Bonchev–Trinajstić information content (AvgIpc) is 3.52. The van der Waals surface area contributed by atoms with Gasteiger partial charge in [0.05, 0.1) is 16.8 Å². The highest BCUT2D eigenvalue weighted by atomic mass is 32.1. The van der Waals surface area contributed by atoms with Crippen LogP contribution in [-0.2, 0) is 13.0 Å². The van der Waals surface area contributed by atoms with E-state index in [0.29, 0.717) is 47.0 Å². The number of benzene rings is 3. The number of carboxylic acid groups (broad SMARTS) is 1. The Hall–Kier alpha value is -4.76. The van der Waals surface area contributed by atoms with Crippen molar-refractivity contribution in [2.75, 3.05) is 23.4 Å². The second-order valence-electron chi connectivity index (χ2n) is 14.7. The van der Waals surface area contributed by atoms with E-state index in [9.17, 15) is 14.7 Å². The fraction of sp³-hybridized carbons (Fsp3) is 0.350. The third-order valence-electron chi connectivity index (χ3n) is 11.3. The van der Waals surface area contributed by atoms with Gasteiger partial charge >= 0.3 is 5.97 Å². The zero-order chi connectivity index (χ0) is 33.1. The third-order valence-corrected chi connectivity index (χ3v) is 12.2. The van der Waals surface area contributed by atoms with Crippen LogP contribution in [0.2, 0.25) is 0 Å². The van der Waals surface area contributed by atoms with Crippen LogP contribution >= 0.6 is 11.3 Å². The van der Waals surface area contributed by atoms with Gasteiger partial charge in [0, 0.05) is 29.6 Å². The van der Waals surface area contributed by atoms with Gasteiger partial charge in [0.2, 0.25) is 0 Å². The van der Waals surface area contributed by atoms with Gasteiger partial charge in [-0.25, -0.2) is 14.8 Å². The van der Waals surface area contributed by atoms with Crippen molar-refractivity contribution in [1.29, 1.82) is 0 Å². The Kier molecular flexibility index (Phi) is 7.41. The maximum atomic E-state index is 13.5. The maximum Gasteiger partial charge on any atom is 0.355 e. The molecule has 0 radical (unpaired) electrons. The molecule has 248 valence electrons. The average molecular weight is 671 g/mol. The number of ether oxygens (including phenoxy) is 1. The number of nitrogens with zero attached hydrogens (tertiary/aromatic N) is 3. The van der Waals surface area contributed by atoms with E-state index in [-0.39, 0.29) is 11.6 Å². The minimum absolute atomic E-state index is 0.00314. The summed E-state index contributed by atoms with van der Waals surface area (Å²) in [5.41, 5.74) is 5.09. The van der Waals surface area contributed by atoms with Crippen LogP contribution in [0.25, 0.3) is 21.3 Å². The summed E-state index contributed by atoms with van der Waals surface area (Å²) in [6.07, 6.45) is 8.77. The molecule has 0 unspecified atom stereocenters. The SMILES string of the molecule is O=C(Nc1nc2ccccc2s1)c1cccc2c1CN(c1ccc(-c3cccc(OCC45CC6CC(CC(C6)C4)C5)c3)c(C(=O)O)n1)CC2. The molecule has 4 bridgehead atoms. The molecular formula is C40H38N4O4S. The fourth-order valence-corrected chi connectivity index (χ4v) is 10.4. The largest absolute Gasteiger partial charge is 0.493 e. The molecule has 4 saturated carbocycles. The molecule has 9 heteroatoms. The van der Waals surface area contributed by atoms with Gasteiger partial charge in [0.25, 0.3) is 5.91 Å². The number of rotatable bonds is 8. The lowest BCUT2D eigenvalue weighted by molar-refractivity contribution is -0.0745. The second kappa shape index (κ2) is 12.0. The minimum Gasteiger partial charge on any atom is -0.493 e. The number of carboxylic acids is 1. The summed E-state index contributed by atoms with van der Waals surface area (Å²) < 4.78 is 7.49. The van der Waals surface area contributed by atoms with E-state index in [1.165, 1.54) is 49.9 Å². The molecule has 3 aromatic carbocycles. The van der Waals surface area contributed by atoms with E-state index < -0.39 is 5.97 Å². The lowest BCUT2D eigenvalue weighted by Gasteiger charge is -2.56. The van der Waals surface area contributed by atoms with Crippen molar-refractivity contribution in [3.63, 3.8) is 0 Å². The number of fused-ring (bicyclic) bond motifs is 2. The molecule has 49 heavy (non-hydrogen) atoms. The number of para-hydroxylation sites is 1. The Bertz CT molecular complexity index is 2040. The van der Waals surface area contributed by atoms with Crippen molar-refractivity contribution in [3.8, 4) is 16.9 Å². The Labute approximate surface area is 289 Å². The quantitative estimate of drug-likeness (QED) is 0.171. The van der Waals surface area contributed by atoms with Crippen LogP contribution in [0.15, 0.2) is 78.9 Å². The van der Waals surface area contributed by atoms with Crippen LogP contribution in [-0.4, -0.2) is 40.1 Å². The molecule has 1 aliphatic heterocycles. The molecule has 10 rings (SSSR count). The topological polar surface area (TPSA) is 105 Å². The fourth-order valence-electron chi connectivity index (χ4n) is 9.56. The number of hydrogen-bond donors (Lipinski definition) is 2. The summed E-state index contributed by atoms with van der Waals surface area (Å²) in [6, 6.07) is 25.1. The molecule has 0 spiro atoms. The molecule has 3 heterocycles. The van der Waals surface area contributed by atoms with Gasteiger partial charge in [-0.3, -0.25) is 10.1 Å². The molecule has 2 N–H and O–H groups in total. The summed E-state index contributed by atoms with van der Waals surface area (Å²) in [7, 11) is 0. The number of aromatic carboxylic acids is 1. The standard InChI is InChI=1S/C40H38N4O4S/c45-37(43-39-41-33-9-1-2-10-34(33)49-39)31-8-4-5-27-13-14-44(22-32(27)31)35-12-11-30(36(42-35)38(46)47)28-6-3-7-29(18-28)48-23-40-19-24-15-25(20-40)17-26(16-24)21-40/h1-12,18,24-26H,13-17,19-23H2,(H,46,47)(H,41,43,45). The van der Waals surface area contributed by atoms with E-state index in [1.807, 2.05) is 72.8 Å². The van der Waals surface area contributed by atoms with Gasteiger partial charge in [0.15, 0.2) is 10.8 Å². The predicted octanol–water partition coefficient (Wildman–Crippen LogP) is 8.47. The first-order valence-electron chi connectivity index (χ1n) is 17.4. The smallest absolute Gasteiger partial charge is 0.355 e. The molecule has 4 aliphatic carbocycles. The molecule has 5 aliphatic rings. The molecule has 1 amide bonds. The van der Waals surface area contributed by atoms with Crippen LogP contribution in [0.5, 0.6) is 5.75 Å². The lowest BCUT2D eigenvalue weighted by atomic mass is 9.50. The Morgan fingerprint density at radius 2 is 1.69 bits per heavy atom. The molecular weight excluding hydrogens is 633 g/mol. The van der Waals surface area contributed by atoms with Crippen molar-refractivity contribution >= 4 is 44.4 Å². The number of carbonyl (C=O) groups excluding carboxylic acids is 1. The van der Waals surface area contributed by atoms with Crippen LogP contribution < -0.4 is 15.0 Å².